The van der Waals surface area contributed by atoms with Gasteiger partial charge in [-0.1, -0.05) is 60.7 Å². The fourth-order valence-electron chi connectivity index (χ4n) is 4.07. The van der Waals surface area contributed by atoms with Crippen LogP contribution in [0.5, 0.6) is 0 Å². The summed E-state index contributed by atoms with van der Waals surface area (Å²) in [5, 5.41) is 17.0. The number of nitrogens with two attached hydrogens (primary N) is 2. The van der Waals surface area contributed by atoms with Gasteiger partial charge in [0.2, 0.25) is 23.6 Å². The molecule has 3 rings (SSSR count). The number of carboxylic acid groups (broad SMARTS) is 1. The van der Waals surface area contributed by atoms with Crippen LogP contribution < -0.4 is 27.4 Å². The van der Waals surface area contributed by atoms with Gasteiger partial charge in [-0.2, -0.15) is 0 Å². The summed E-state index contributed by atoms with van der Waals surface area (Å²) in [6.45, 7) is 0. The molecule has 0 aliphatic carbocycles. The van der Waals surface area contributed by atoms with Crippen LogP contribution in [-0.4, -0.2) is 68.8 Å². The van der Waals surface area contributed by atoms with Crippen LogP contribution in [0.4, 0.5) is 0 Å². The van der Waals surface area contributed by atoms with Crippen molar-refractivity contribution in [1.82, 2.24) is 25.9 Å². The lowest BCUT2D eigenvalue weighted by molar-refractivity contribution is -0.142. The Morgan fingerprint density at radius 3 is 1.83 bits per heavy atom. The molecule has 0 saturated carbocycles. The predicted molar refractivity (Wildman–Crippen MR) is 148 cm³/mol. The third-order valence-corrected chi connectivity index (χ3v) is 6.18. The van der Waals surface area contributed by atoms with Crippen molar-refractivity contribution in [2.75, 3.05) is 0 Å². The molecular weight excluding hydrogens is 530 g/mol. The number of aromatic nitrogens is 2. The first-order chi connectivity index (χ1) is 19.6. The minimum atomic E-state index is -1.50. The number of imidazole rings is 1. The van der Waals surface area contributed by atoms with Crippen LogP contribution >= 0.6 is 0 Å². The predicted octanol–water partition coefficient (Wildman–Crippen LogP) is -0.821. The van der Waals surface area contributed by atoms with Crippen molar-refractivity contribution in [2.45, 2.75) is 49.9 Å². The lowest BCUT2D eigenvalue weighted by Gasteiger charge is -2.25. The molecule has 1 heterocycles. The molecule has 0 fully saturated rings. The average Bonchev–Trinajstić information content (AvgIpc) is 3.46. The lowest BCUT2D eigenvalue weighted by atomic mass is 10.0. The molecule has 41 heavy (non-hydrogen) atoms. The number of hydrogen-bond acceptors (Lipinski definition) is 7. The van der Waals surface area contributed by atoms with E-state index < -0.39 is 60.2 Å². The summed E-state index contributed by atoms with van der Waals surface area (Å²) >= 11 is 0. The number of benzene rings is 2. The molecular formula is C28H33N7O6. The van der Waals surface area contributed by atoms with Gasteiger partial charge in [0.05, 0.1) is 18.8 Å². The third-order valence-electron chi connectivity index (χ3n) is 6.18. The van der Waals surface area contributed by atoms with Gasteiger partial charge in [-0.25, -0.2) is 9.78 Å². The number of carboxylic acids is 1. The van der Waals surface area contributed by atoms with Crippen LogP contribution in [0, 0.1) is 0 Å². The molecule has 0 bridgehead atoms. The first-order valence-electron chi connectivity index (χ1n) is 12.8. The zero-order valence-electron chi connectivity index (χ0n) is 22.2. The van der Waals surface area contributed by atoms with Crippen molar-refractivity contribution in [3.63, 3.8) is 0 Å². The molecule has 4 amide bonds. The van der Waals surface area contributed by atoms with Crippen molar-refractivity contribution in [2.24, 2.45) is 11.5 Å². The van der Waals surface area contributed by atoms with E-state index in [9.17, 15) is 29.1 Å². The zero-order valence-corrected chi connectivity index (χ0v) is 22.2. The molecule has 1 aromatic heterocycles. The minimum Gasteiger partial charge on any atom is -0.480 e. The first kappa shape index (κ1) is 30.5. The Bertz CT molecular complexity index is 1320. The standard InChI is InChI=1S/C28H33N7O6/c29-20(11-17-7-3-1-4-8-17)25(37)33-21(12-18-9-5-2-6-10-18)26(38)34-22(14-24(30)36)27(39)35-23(28(40)41)13-19-15-31-16-32-19/h1-10,15-16,20-23H,11-14,29H2,(H2,30,36)(H,31,32)(H,33,37)(H,34,38)(H,35,39)(H,40,41). The molecule has 0 radical (unpaired) electrons. The van der Waals surface area contributed by atoms with Crippen LogP contribution in [0.1, 0.15) is 23.2 Å². The highest BCUT2D eigenvalue weighted by atomic mass is 16.4. The zero-order chi connectivity index (χ0) is 29.8. The van der Waals surface area contributed by atoms with Gasteiger partial charge in [0.1, 0.15) is 18.1 Å². The van der Waals surface area contributed by atoms with Gasteiger partial charge in [-0.15, -0.1) is 0 Å². The largest absolute Gasteiger partial charge is 0.480 e. The van der Waals surface area contributed by atoms with Crippen LogP contribution in [0.15, 0.2) is 73.2 Å². The molecule has 3 aromatic rings. The second-order valence-corrected chi connectivity index (χ2v) is 9.46. The molecule has 216 valence electrons. The Hall–Kier alpha value is -5.04. The lowest BCUT2D eigenvalue weighted by Crippen LogP contribution is -2.58. The van der Waals surface area contributed by atoms with E-state index in [0.717, 1.165) is 5.56 Å². The van der Waals surface area contributed by atoms with Gasteiger partial charge >= 0.3 is 5.97 Å². The van der Waals surface area contributed by atoms with Crippen molar-refractivity contribution >= 4 is 29.6 Å². The van der Waals surface area contributed by atoms with Crippen LogP contribution in [0.2, 0.25) is 0 Å². The number of H-pyrrole nitrogens is 1. The molecule has 0 saturated heterocycles. The Kier molecular flexibility index (Phi) is 11.1. The third kappa shape index (κ3) is 9.89. The van der Waals surface area contributed by atoms with Gasteiger partial charge in [0, 0.05) is 24.7 Å². The van der Waals surface area contributed by atoms with E-state index >= 15 is 0 Å². The molecule has 0 aliphatic heterocycles. The van der Waals surface area contributed by atoms with Crippen molar-refractivity contribution in [1.29, 1.82) is 0 Å². The van der Waals surface area contributed by atoms with Gasteiger partial charge in [-0.3, -0.25) is 19.2 Å². The van der Waals surface area contributed by atoms with Crippen molar-refractivity contribution < 1.29 is 29.1 Å². The molecule has 4 unspecified atom stereocenters. The molecule has 2 aromatic carbocycles. The number of nitrogens with one attached hydrogen (secondary N) is 4. The number of primary amides is 1. The van der Waals surface area contributed by atoms with E-state index in [4.69, 9.17) is 11.5 Å². The number of aromatic amines is 1. The number of carbonyl (C=O) groups is 5. The number of hydrogen-bond donors (Lipinski definition) is 7. The summed E-state index contributed by atoms with van der Waals surface area (Å²) in [5.41, 5.74) is 13.4. The fourth-order valence-corrected chi connectivity index (χ4v) is 4.07. The molecule has 9 N–H and O–H groups in total. The van der Waals surface area contributed by atoms with E-state index in [1.807, 2.05) is 30.3 Å². The Labute approximate surface area is 236 Å². The van der Waals surface area contributed by atoms with Gasteiger partial charge in [-0.05, 0) is 17.5 Å². The summed E-state index contributed by atoms with van der Waals surface area (Å²) in [7, 11) is 0. The number of amides is 4. The Morgan fingerprint density at radius 1 is 0.756 bits per heavy atom. The van der Waals surface area contributed by atoms with Gasteiger partial charge in [0.15, 0.2) is 0 Å². The smallest absolute Gasteiger partial charge is 0.326 e. The monoisotopic (exact) mass is 563 g/mol. The van der Waals surface area contributed by atoms with Crippen LogP contribution in [-0.2, 0) is 43.2 Å². The number of aliphatic carboxylic acids is 1. The second-order valence-electron chi connectivity index (χ2n) is 9.46. The van der Waals surface area contributed by atoms with E-state index in [-0.39, 0.29) is 19.3 Å². The summed E-state index contributed by atoms with van der Waals surface area (Å²) in [4.78, 5) is 69.5. The topological polar surface area (TPSA) is 222 Å². The van der Waals surface area contributed by atoms with Gasteiger partial charge in [0.25, 0.3) is 0 Å². The fraction of sp³-hybridized carbons (Fsp3) is 0.286. The quantitative estimate of drug-likeness (QED) is 0.123. The maximum Gasteiger partial charge on any atom is 0.326 e. The van der Waals surface area contributed by atoms with Crippen molar-refractivity contribution in [3.8, 4) is 0 Å². The van der Waals surface area contributed by atoms with Crippen LogP contribution in [0.25, 0.3) is 0 Å². The molecule has 0 spiro atoms. The number of rotatable bonds is 15. The van der Waals surface area contributed by atoms with Crippen molar-refractivity contribution in [3.05, 3.63) is 90.0 Å². The van der Waals surface area contributed by atoms with Crippen LogP contribution in [0.3, 0.4) is 0 Å². The second kappa shape index (κ2) is 14.9. The SMILES string of the molecule is NC(=O)CC(NC(=O)C(Cc1ccccc1)NC(=O)C(N)Cc1ccccc1)C(=O)NC(Cc1cnc[nH]1)C(=O)O. The maximum atomic E-state index is 13.4. The van der Waals surface area contributed by atoms with E-state index in [2.05, 4.69) is 25.9 Å². The Balaban J connectivity index is 1.75. The molecule has 13 heteroatoms. The maximum absolute atomic E-state index is 13.4. The summed E-state index contributed by atoms with van der Waals surface area (Å²) < 4.78 is 0. The number of nitrogens with zero attached hydrogens (tertiary/aromatic N) is 1. The van der Waals surface area contributed by atoms with E-state index in [0.29, 0.717) is 11.3 Å². The highest BCUT2D eigenvalue weighted by Crippen LogP contribution is 2.08. The highest BCUT2D eigenvalue weighted by Gasteiger charge is 2.31. The molecule has 4 atom stereocenters. The highest BCUT2D eigenvalue weighted by molar-refractivity contribution is 5.96. The molecule has 0 aliphatic rings. The van der Waals surface area contributed by atoms with E-state index in [1.54, 1.807) is 30.3 Å². The summed E-state index contributed by atoms with van der Waals surface area (Å²) in [6, 6.07) is 12.9. The van der Waals surface area contributed by atoms with E-state index in [1.165, 1.54) is 12.5 Å². The number of carbonyl (C=O) groups excluding carboxylic acids is 4. The normalized spacial score (nSPS) is 13.7. The van der Waals surface area contributed by atoms with Gasteiger partial charge < -0.3 is 37.5 Å². The minimum absolute atomic E-state index is 0.0545. The first-order valence-corrected chi connectivity index (χ1v) is 12.8. The summed E-state index contributed by atoms with van der Waals surface area (Å²) in [5.74, 6) is -4.55. The Morgan fingerprint density at radius 2 is 1.29 bits per heavy atom. The molecule has 13 nitrogen and oxygen atoms in total. The summed E-state index contributed by atoms with van der Waals surface area (Å²) in [6.07, 6.45) is 2.33. The average molecular weight is 564 g/mol.